The summed E-state index contributed by atoms with van der Waals surface area (Å²) in [6.45, 7) is 7.15. The molecule has 0 radical (unpaired) electrons. The molecule has 1 aromatic rings. The number of hydrogen-bond acceptors (Lipinski definition) is 3. The standard InChI is InChI=1S/C18H27NO2/c1-4-14-9-6-10-15-17(16(20)11-21-18(14)15)19-12(2)7-5-8-13(19)3/h6,9-10,12-13,16-17,20H,4-5,7-8,11H2,1-3H3. The molecular weight excluding hydrogens is 262 g/mol. The number of ether oxygens (including phenoxy) is 1. The minimum absolute atomic E-state index is 0.0746. The highest BCUT2D eigenvalue weighted by atomic mass is 16.5. The zero-order valence-electron chi connectivity index (χ0n) is 13.4. The number of likely N-dealkylation sites (tertiary alicyclic amines) is 1. The molecule has 0 amide bonds. The second kappa shape index (κ2) is 5.98. The van der Waals surface area contributed by atoms with Gasteiger partial charge in [0.2, 0.25) is 0 Å². The van der Waals surface area contributed by atoms with Crippen molar-refractivity contribution < 1.29 is 9.84 Å². The van der Waals surface area contributed by atoms with E-state index in [1.807, 2.05) is 0 Å². The highest BCUT2D eigenvalue weighted by Gasteiger charge is 2.40. The van der Waals surface area contributed by atoms with Gasteiger partial charge in [-0.25, -0.2) is 0 Å². The summed E-state index contributed by atoms with van der Waals surface area (Å²) < 4.78 is 5.87. The zero-order valence-corrected chi connectivity index (χ0v) is 13.4. The summed E-state index contributed by atoms with van der Waals surface area (Å²) >= 11 is 0. The fraction of sp³-hybridized carbons (Fsp3) is 0.667. The first-order valence-electron chi connectivity index (χ1n) is 8.33. The van der Waals surface area contributed by atoms with Crippen LogP contribution in [0.25, 0.3) is 0 Å². The van der Waals surface area contributed by atoms with Crippen LogP contribution in [0.5, 0.6) is 5.75 Å². The molecule has 0 aliphatic carbocycles. The molecule has 3 nitrogen and oxygen atoms in total. The van der Waals surface area contributed by atoms with Crippen LogP contribution in [-0.4, -0.2) is 34.8 Å². The van der Waals surface area contributed by atoms with Crippen molar-refractivity contribution in [3.05, 3.63) is 29.3 Å². The Morgan fingerprint density at radius 2 is 1.95 bits per heavy atom. The van der Waals surface area contributed by atoms with E-state index < -0.39 is 6.10 Å². The van der Waals surface area contributed by atoms with Gasteiger partial charge in [0.1, 0.15) is 18.5 Å². The lowest BCUT2D eigenvalue weighted by Crippen LogP contribution is -2.51. The number of fused-ring (bicyclic) bond motifs is 1. The van der Waals surface area contributed by atoms with Crippen molar-refractivity contribution in [1.82, 2.24) is 4.90 Å². The second-order valence-electron chi connectivity index (χ2n) is 6.59. The van der Waals surface area contributed by atoms with Crippen molar-refractivity contribution in [2.24, 2.45) is 0 Å². The number of rotatable bonds is 2. The van der Waals surface area contributed by atoms with Crippen molar-refractivity contribution in [1.29, 1.82) is 0 Å². The molecule has 3 rings (SSSR count). The maximum atomic E-state index is 10.6. The van der Waals surface area contributed by atoms with Crippen molar-refractivity contribution in [2.45, 2.75) is 70.7 Å². The van der Waals surface area contributed by atoms with Crippen molar-refractivity contribution in [3.63, 3.8) is 0 Å². The molecule has 0 saturated carbocycles. The molecule has 0 aromatic heterocycles. The molecule has 116 valence electrons. The van der Waals surface area contributed by atoms with Gasteiger partial charge in [-0.2, -0.15) is 0 Å². The first-order valence-corrected chi connectivity index (χ1v) is 8.33. The van der Waals surface area contributed by atoms with Crippen molar-refractivity contribution in [2.75, 3.05) is 6.61 Å². The largest absolute Gasteiger partial charge is 0.490 e. The third-order valence-electron chi connectivity index (χ3n) is 5.17. The Morgan fingerprint density at radius 3 is 2.62 bits per heavy atom. The van der Waals surface area contributed by atoms with E-state index in [0.717, 1.165) is 12.2 Å². The highest BCUT2D eigenvalue weighted by molar-refractivity contribution is 5.45. The van der Waals surface area contributed by atoms with Gasteiger partial charge in [0.05, 0.1) is 6.04 Å². The van der Waals surface area contributed by atoms with E-state index in [-0.39, 0.29) is 6.04 Å². The van der Waals surface area contributed by atoms with E-state index in [1.165, 1.54) is 30.4 Å². The Labute approximate surface area is 127 Å². The number of para-hydroxylation sites is 1. The molecule has 1 saturated heterocycles. The lowest BCUT2D eigenvalue weighted by Gasteiger charge is -2.47. The van der Waals surface area contributed by atoms with Crippen LogP contribution in [0.3, 0.4) is 0 Å². The van der Waals surface area contributed by atoms with E-state index in [1.54, 1.807) is 0 Å². The molecule has 1 N–H and O–H groups in total. The molecule has 3 heteroatoms. The molecule has 1 fully saturated rings. The minimum atomic E-state index is -0.437. The molecule has 1 aromatic carbocycles. The Balaban J connectivity index is 2.02. The Bertz CT molecular complexity index is 492. The first-order chi connectivity index (χ1) is 10.1. The number of aliphatic hydroxyl groups excluding tert-OH is 1. The summed E-state index contributed by atoms with van der Waals surface area (Å²) in [5.74, 6) is 1.01. The Hall–Kier alpha value is -1.06. The summed E-state index contributed by atoms with van der Waals surface area (Å²) in [6.07, 6.45) is 4.26. The molecule has 2 heterocycles. The van der Waals surface area contributed by atoms with E-state index in [0.29, 0.717) is 18.7 Å². The van der Waals surface area contributed by atoms with Crippen molar-refractivity contribution >= 4 is 0 Å². The average Bonchev–Trinajstić information content (AvgIpc) is 2.48. The molecular formula is C18H27NO2. The van der Waals surface area contributed by atoms with Crippen LogP contribution in [0, 0.1) is 0 Å². The summed E-state index contributed by atoms with van der Waals surface area (Å²) in [7, 11) is 0. The van der Waals surface area contributed by atoms with Gasteiger partial charge >= 0.3 is 0 Å². The van der Waals surface area contributed by atoms with Crippen LogP contribution >= 0.6 is 0 Å². The molecule has 0 spiro atoms. The smallest absolute Gasteiger partial charge is 0.127 e. The van der Waals surface area contributed by atoms with Crippen LogP contribution in [-0.2, 0) is 6.42 Å². The zero-order chi connectivity index (χ0) is 15.0. The van der Waals surface area contributed by atoms with Crippen LogP contribution < -0.4 is 4.74 Å². The highest BCUT2D eigenvalue weighted by Crippen LogP contribution is 2.42. The van der Waals surface area contributed by atoms with Crippen LogP contribution in [0.15, 0.2) is 18.2 Å². The lowest BCUT2D eigenvalue weighted by molar-refractivity contribution is -0.0458. The fourth-order valence-electron chi connectivity index (χ4n) is 4.11. The van der Waals surface area contributed by atoms with Crippen LogP contribution in [0.2, 0.25) is 0 Å². The minimum Gasteiger partial charge on any atom is -0.490 e. The van der Waals surface area contributed by atoms with Gasteiger partial charge < -0.3 is 9.84 Å². The molecule has 2 aliphatic heterocycles. The van der Waals surface area contributed by atoms with Gasteiger partial charge in [-0.3, -0.25) is 4.90 Å². The van der Waals surface area contributed by atoms with Gasteiger partial charge in [0.15, 0.2) is 0 Å². The van der Waals surface area contributed by atoms with Gasteiger partial charge in [-0.1, -0.05) is 31.5 Å². The first kappa shape index (κ1) is 14.9. The summed E-state index contributed by atoms with van der Waals surface area (Å²) in [5, 5.41) is 10.6. The topological polar surface area (TPSA) is 32.7 Å². The Morgan fingerprint density at radius 1 is 1.24 bits per heavy atom. The summed E-state index contributed by atoms with van der Waals surface area (Å²) in [5.41, 5.74) is 2.43. The normalized spacial score (nSPS) is 33.3. The van der Waals surface area contributed by atoms with Crippen LogP contribution in [0.1, 0.15) is 57.2 Å². The fourth-order valence-corrected chi connectivity index (χ4v) is 4.11. The molecule has 4 unspecified atom stereocenters. The summed E-state index contributed by atoms with van der Waals surface area (Å²) in [4.78, 5) is 2.52. The SMILES string of the molecule is CCc1cccc2c1OCC(O)C2N1C(C)CCCC1C. The number of aliphatic hydroxyl groups is 1. The predicted octanol–water partition coefficient (Wildman–Crippen LogP) is 3.31. The molecule has 4 atom stereocenters. The van der Waals surface area contributed by atoms with Crippen LogP contribution in [0.4, 0.5) is 0 Å². The number of aryl methyl sites for hydroxylation is 1. The van der Waals surface area contributed by atoms with E-state index in [4.69, 9.17) is 4.74 Å². The molecule has 21 heavy (non-hydrogen) atoms. The monoisotopic (exact) mass is 289 g/mol. The third-order valence-corrected chi connectivity index (χ3v) is 5.17. The molecule has 0 bridgehead atoms. The van der Waals surface area contributed by atoms with E-state index >= 15 is 0 Å². The lowest BCUT2D eigenvalue weighted by atomic mass is 9.88. The second-order valence-corrected chi connectivity index (χ2v) is 6.59. The summed E-state index contributed by atoms with van der Waals surface area (Å²) in [6, 6.07) is 7.48. The van der Waals surface area contributed by atoms with Crippen molar-refractivity contribution in [3.8, 4) is 5.75 Å². The maximum absolute atomic E-state index is 10.6. The predicted molar refractivity (Wildman–Crippen MR) is 84.7 cm³/mol. The molecule has 2 aliphatic rings. The van der Waals surface area contributed by atoms with Gasteiger partial charge in [-0.05, 0) is 38.7 Å². The van der Waals surface area contributed by atoms with Gasteiger partial charge in [0.25, 0.3) is 0 Å². The number of nitrogens with zero attached hydrogens (tertiary/aromatic N) is 1. The average molecular weight is 289 g/mol. The third kappa shape index (κ3) is 2.58. The number of piperidine rings is 1. The van der Waals surface area contributed by atoms with Gasteiger partial charge in [-0.15, -0.1) is 0 Å². The van der Waals surface area contributed by atoms with E-state index in [9.17, 15) is 5.11 Å². The quantitative estimate of drug-likeness (QED) is 0.906. The van der Waals surface area contributed by atoms with E-state index in [2.05, 4.69) is 43.9 Å². The maximum Gasteiger partial charge on any atom is 0.127 e. The van der Waals surface area contributed by atoms with Gasteiger partial charge in [0, 0.05) is 17.6 Å². The number of benzene rings is 1. The Kier molecular flexibility index (Phi) is 4.23. The number of hydrogen-bond donors (Lipinski definition) is 1.